The lowest BCUT2D eigenvalue weighted by molar-refractivity contribution is -0.125. The lowest BCUT2D eigenvalue weighted by Crippen LogP contribution is -2.41. The topological polar surface area (TPSA) is 46.9 Å². The van der Waals surface area contributed by atoms with Crippen molar-refractivity contribution in [2.24, 2.45) is 0 Å². The summed E-state index contributed by atoms with van der Waals surface area (Å²) in [5.41, 5.74) is 0.506. The molecule has 0 radical (unpaired) electrons. The van der Waals surface area contributed by atoms with E-state index in [1.807, 2.05) is 54.9 Å². The van der Waals surface area contributed by atoms with Gasteiger partial charge >= 0.3 is 0 Å². The Hall–Kier alpha value is -2.10. The van der Waals surface area contributed by atoms with Crippen LogP contribution in [-0.2, 0) is 16.8 Å². The number of nitrogens with one attached hydrogen (secondary N) is 1. The molecule has 0 bridgehead atoms. The van der Waals surface area contributed by atoms with Crippen LogP contribution in [0.2, 0.25) is 0 Å². The Balaban J connectivity index is 1.92. The minimum atomic E-state index is -0.518. The summed E-state index contributed by atoms with van der Waals surface area (Å²) < 4.78 is 1.94. The Morgan fingerprint density at radius 1 is 1.32 bits per heavy atom. The van der Waals surface area contributed by atoms with Crippen molar-refractivity contribution in [1.29, 1.82) is 0 Å². The van der Waals surface area contributed by atoms with E-state index in [1.165, 1.54) is 0 Å². The minimum absolute atomic E-state index is 0.0406. The summed E-state index contributed by atoms with van der Waals surface area (Å²) in [6, 6.07) is 9.83. The molecule has 1 aromatic carbocycles. The second kappa shape index (κ2) is 5.69. The predicted octanol–water partition coefficient (Wildman–Crippen LogP) is 1.98. The fourth-order valence-electron chi connectivity index (χ4n) is 1.92. The van der Waals surface area contributed by atoms with Gasteiger partial charge in [0, 0.05) is 25.5 Å². The van der Waals surface area contributed by atoms with E-state index >= 15 is 0 Å². The van der Waals surface area contributed by atoms with Gasteiger partial charge in [0.05, 0.1) is 11.7 Å². The Bertz CT molecular complexity index is 518. The molecule has 0 atom stereocenters. The third-order valence-electron chi connectivity index (χ3n) is 3.28. The highest BCUT2D eigenvalue weighted by Crippen LogP contribution is 2.22. The molecule has 0 aliphatic carbocycles. The van der Waals surface area contributed by atoms with Crippen molar-refractivity contribution in [2.75, 3.05) is 6.54 Å². The maximum atomic E-state index is 12.3. The standard InChI is InChI=1S/C15H19N3O/c1-15(2,13-6-4-3-5-7-13)14(19)17-9-11-18-10-8-16-12-18/h3-8,10,12H,9,11H2,1-2H3,(H,17,19). The molecule has 0 aliphatic heterocycles. The van der Waals surface area contributed by atoms with Crippen molar-refractivity contribution >= 4 is 5.91 Å². The number of hydrogen-bond acceptors (Lipinski definition) is 2. The fourth-order valence-corrected chi connectivity index (χ4v) is 1.92. The smallest absolute Gasteiger partial charge is 0.230 e. The highest BCUT2D eigenvalue weighted by molar-refractivity contribution is 5.87. The number of rotatable bonds is 5. The molecule has 0 unspecified atom stereocenters. The van der Waals surface area contributed by atoms with Crippen LogP contribution in [0.15, 0.2) is 49.1 Å². The largest absolute Gasteiger partial charge is 0.354 e. The van der Waals surface area contributed by atoms with Crippen LogP contribution in [0.4, 0.5) is 0 Å². The Kier molecular flexibility index (Phi) is 4.00. The van der Waals surface area contributed by atoms with Crippen LogP contribution in [0.3, 0.4) is 0 Å². The number of imidazole rings is 1. The van der Waals surface area contributed by atoms with Crippen molar-refractivity contribution in [3.63, 3.8) is 0 Å². The normalized spacial score (nSPS) is 11.3. The number of benzene rings is 1. The van der Waals surface area contributed by atoms with Gasteiger partial charge in [-0.05, 0) is 19.4 Å². The van der Waals surface area contributed by atoms with E-state index in [1.54, 1.807) is 12.5 Å². The van der Waals surface area contributed by atoms with Crippen molar-refractivity contribution in [3.05, 3.63) is 54.6 Å². The maximum absolute atomic E-state index is 12.3. The Morgan fingerprint density at radius 2 is 2.05 bits per heavy atom. The molecule has 19 heavy (non-hydrogen) atoms. The van der Waals surface area contributed by atoms with E-state index in [-0.39, 0.29) is 5.91 Å². The lowest BCUT2D eigenvalue weighted by Gasteiger charge is -2.24. The van der Waals surface area contributed by atoms with Gasteiger partial charge in [-0.3, -0.25) is 4.79 Å². The summed E-state index contributed by atoms with van der Waals surface area (Å²) in [6.45, 7) is 5.21. The maximum Gasteiger partial charge on any atom is 0.230 e. The molecule has 1 heterocycles. The molecule has 0 fully saturated rings. The third kappa shape index (κ3) is 3.22. The van der Waals surface area contributed by atoms with Crippen molar-refractivity contribution in [3.8, 4) is 0 Å². The fraction of sp³-hybridized carbons (Fsp3) is 0.333. The minimum Gasteiger partial charge on any atom is -0.354 e. The first-order chi connectivity index (χ1) is 9.10. The van der Waals surface area contributed by atoms with E-state index in [9.17, 15) is 4.79 Å². The molecule has 0 saturated heterocycles. The second-order valence-corrected chi connectivity index (χ2v) is 5.05. The van der Waals surface area contributed by atoms with Gasteiger partial charge in [-0.1, -0.05) is 30.3 Å². The summed E-state index contributed by atoms with van der Waals surface area (Å²) in [5.74, 6) is 0.0406. The average molecular weight is 257 g/mol. The van der Waals surface area contributed by atoms with E-state index in [0.29, 0.717) is 6.54 Å². The molecule has 0 spiro atoms. The van der Waals surface area contributed by atoms with Crippen molar-refractivity contribution in [2.45, 2.75) is 25.8 Å². The molecule has 100 valence electrons. The molecule has 2 aromatic rings. The van der Waals surface area contributed by atoms with Crippen LogP contribution in [0.5, 0.6) is 0 Å². The van der Waals surface area contributed by atoms with Crippen LogP contribution in [0, 0.1) is 0 Å². The summed E-state index contributed by atoms with van der Waals surface area (Å²) in [7, 11) is 0. The van der Waals surface area contributed by atoms with Gasteiger partial charge in [-0.2, -0.15) is 0 Å². The third-order valence-corrected chi connectivity index (χ3v) is 3.28. The van der Waals surface area contributed by atoms with Crippen LogP contribution < -0.4 is 5.32 Å². The van der Waals surface area contributed by atoms with Gasteiger partial charge in [-0.25, -0.2) is 4.98 Å². The molecule has 1 aromatic heterocycles. The van der Waals surface area contributed by atoms with Crippen LogP contribution in [0.25, 0.3) is 0 Å². The lowest BCUT2D eigenvalue weighted by atomic mass is 9.84. The highest BCUT2D eigenvalue weighted by Gasteiger charge is 2.28. The van der Waals surface area contributed by atoms with Crippen molar-refractivity contribution in [1.82, 2.24) is 14.9 Å². The molecule has 2 rings (SSSR count). The molecule has 1 amide bonds. The van der Waals surface area contributed by atoms with Crippen LogP contribution >= 0.6 is 0 Å². The van der Waals surface area contributed by atoms with E-state index in [4.69, 9.17) is 0 Å². The molecule has 0 saturated carbocycles. The van der Waals surface area contributed by atoms with Crippen molar-refractivity contribution < 1.29 is 4.79 Å². The number of hydrogen-bond donors (Lipinski definition) is 1. The number of carbonyl (C=O) groups is 1. The van der Waals surface area contributed by atoms with E-state index in [0.717, 1.165) is 12.1 Å². The zero-order valence-corrected chi connectivity index (χ0v) is 11.3. The predicted molar refractivity (Wildman–Crippen MR) is 74.7 cm³/mol. The van der Waals surface area contributed by atoms with Crippen LogP contribution in [0.1, 0.15) is 19.4 Å². The number of amides is 1. The van der Waals surface area contributed by atoms with Gasteiger partial charge in [0.25, 0.3) is 0 Å². The van der Waals surface area contributed by atoms with Gasteiger partial charge in [-0.15, -0.1) is 0 Å². The van der Waals surface area contributed by atoms with Gasteiger partial charge in [0.1, 0.15) is 0 Å². The average Bonchev–Trinajstić information content (AvgIpc) is 2.93. The van der Waals surface area contributed by atoms with Gasteiger partial charge in [0.2, 0.25) is 5.91 Å². The molecular formula is C15H19N3O. The molecular weight excluding hydrogens is 238 g/mol. The van der Waals surface area contributed by atoms with E-state index < -0.39 is 5.41 Å². The summed E-state index contributed by atoms with van der Waals surface area (Å²) in [5, 5.41) is 2.97. The molecule has 4 nitrogen and oxygen atoms in total. The monoisotopic (exact) mass is 257 g/mol. The first kappa shape index (κ1) is 13.3. The van der Waals surface area contributed by atoms with E-state index in [2.05, 4.69) is 10.3 Å². The molecule has 1 N–H and O–H groups in total. The van der Waals surface area contributed by atoms with Gasteiger partial charge in [0.15, 0.2) is 0 Å². The number of aromatic nitrogens is 2. The number of carbonyl (C=O) groups excluding carboxylic acids is 1. The molecule has 0 aliphatic rings. The first-order valence-corrected chi connectivity index (χ1v) is 6.40. The quantitative estimate of drug-likeness (QED) is 0.890. The number of nitrogens with zero attached hydrogens (tertiary/aromatic N) is 2. The zero-order chi connectivity index (χ0) is 13.7. The summed E-state index contributed by atoms with van der Waals surface area (Å²) in [4.78, 5) is 16.2. The van der Waals surface area contributed by atoms with Crippen LogP contribution in [-0.4, -0.2) is 22.0 Å². The Morgan fingerprint density at radius 3 is 2.68 bits per heavy atom. The summed E-state index contributed by atoms with van der Waals surface area (Å²) in [6.07, 6.45) is 5.36. The Labute approximate surface area is 113 Å². The second-order valence-electron chi connectivity index (χ2n) is 5.05. The zero-order valence-electron chi connectivity index (χ0n) is 11.3. The van der Waals surface area contributed by atoms with Gasteiger partial charge < -0.3 is 9.88 Å². The first-order valence-electron chi connectivity index (χ1n) is 6.40. The summed E-state index contributed by atoms with van der Waals surface area (Å²) >= 11 is 0. The highest BCUT2D eigenvalue weighted by atomic mass is 16.2. The molecule has 4 heteroatoms. The SMILES string of the molecule is CC(C)(C(=O)NCCn1ccnc1)c1ccccc1.